The van der Waals surface area contributed by atoms with E-state index in [0.717, 1.165) is 11.3 Å². The predicted octanol–water partition coefficient (Wildman–Crippen LogP) is 3.10. The molecule has 1 atom stereocenters. The highest BCUT2D eigenvalue weighted by Gasteiger charge is 2.30. The average Bonchev–Trinajstić information content (AvgIpc) is 3.01. The molecule has 5 nitrogen and oxygen atoms in total. The number of cyclic esters (lactones) is 1. The van der Waals surface area contributed by atoms with Gasteiger partial charge in [0.1, 0.15) is 5.25 Å². The van der Waals surface area contributed by atoms with Crippen molar-refractivity contribution < 1.29 is 9.53 Å². The van der Waals surface area contributed by atoms with Crippen LogP contribution in [0.3, 0.4) is 0 Å². The summed E-state index contributed by atoms with van der Waals surface area (Å²) in [7, 11) is 0. The number of aryl methyl sites for hydroxylation is 1. The topological polar surface area (TPSA) is 61.2 Å². The zero-order valence-electron chi connectivity index (χ0n) is 13.6. The summed E-state index contributed by atoms with van der Waals surface area (Å²) in [5.74, 6) is -0.247. The van der Waals surface area contributed by atoms with Crippen LogP contribution >= 0.6 is 11.8 Å². The van der Waals surface area contributed by atoms with E-state index in [9.17, 15) is 9.59 Å². The van der Waals surface area contributed by atoms with Crippen molar-refractivity contribution in [3.63, 3.8) is 0 Å². The van der Waals surface area contributed by atoms with Gasteiger partial charge in [0, 0.05) is 6.42 Å². The van der Waals surface area contributed by atoms with Gasteiger partial charge in [0.25, 0.3) is 5.56 Å². The Bertz CT molecular complexity index is 1030. The van der Waals surface area contributed by atoms with Crippen molar-refractivity contribution in [2.45, 2.75) is 23.8 Å². The van der Waals surface area contributed by atoms with E-state index in [1.807, 2.05) is 49.4 Å². The van der Waals surface area contributed by atoms with Gasteiger partial charge in [-0.25, -0.2) is 4.98 Å². The van der Waals surface area contributed by atoms with E-state index in [1.165, 1.54) is 11.8 Å². The van der Waals surface area contributed by atoms with Gasteiger partial charge < -0.3 is 4.74 Å². The van der Waals surface area contributed by atoms with E-state index in [1.54, 1.807) is 10.6 Å². The molecule has 1 aromatic heterocycles. The molecule has 6 heteroatoms. The largest absolute Gasteiger partial charge is 0.465 e. The van der Waals surface area contributed by atoms with Gasteiger partial charge in [0.15, 0.2) is 5.16 Å². The molecule has 0 saturated carbocycles. The Morgan fingerprint density at radius 1 is 1.12 bits per heavy atom. The molecule has 0 unspecified atom stereocenters. The predicted molar refractivity (Wildman–Crippen MR) is 97.3 cm³/mol. The Hall–Kier alpha value is -2.60. The molecule has 4 rings (SSSR count). The van der Waals surface area contributed by atoms with Gasteiger partial charge in [-0.15, -0.1) is 0 Å². The molecular weight excluding hydrogens is 336 g/mol. The number of fused-ring (bicyclic) bond motifs is 1. The summed E-state index contributed by atoms with van der Waals surface area (Å²) in [5.41, 5.74) is 2.25. The molecule has 1 saturated heterocycles. The molecule has 0 aliphatic carbocycles. The third-order valence-electron chi connectivity index (χ3n) is 4.24. The van der Waals surface area contributed by atoms with Crippen molar-refractivity contribution in [3.05, 3.63) is 64.4 Å². The fourth-order valence-electron chi connectivity index (χ4n) is 2.93. The molecule has 0 radical (unpaired) electrons. The first-order chi connectivity index (χ1) is 12.1. The SMILES string of the molecule is Cc1ccccc1-n1c(S[C@H]2CCOC2=O)nc2ccccc2c1=O. The fourth-order valence-corrected chi connectivity index (χ4v) is 4.00. The molecule has 126 valence electrons. The van der Waals surface area contributed by atoms with Crippen LogP contribution in [-0.2, 0) is 9.53 Å². The number of hydrogen-bond donors (Lipinski definition) is 0. The number of thioether (sulfide) groups is 1. The first-order valence-corrected chi connectivity index (χ1v) is 8.94. The van der Waals surface area contributed by atoms with Gasteiger partial charge >= 0.3 is 5.97 Å². The number of carbonyl (C=O) groups excluding carboxylic acids is 1. The van der Waals surface area contributed by atoms with E-state index < -0.39 is 0 Å². The maximum absolute atomic E-state index is 13.2. The summed E-state index contributed by atoms with van der Waals surface area (Å²) in [6.45, 7) is 2.37. The first kappa shape index (κ1) is 15.9. The molecule has 3 aromatic rings. The normalized spacial score (nSPS) is 17.0. The lowest BCUT2D eigenvalue weighted by Gasteiger charge is -2.16. The highest BCUT2D eigenvalue weighted by atomic mass is 32.2. The van der Waals surface area contributed by atoms with Gasteiger partial charge in [-0.3, -0.25) is 14.2 Å². The number of rotatable bonds is 3. The number of ether oxygens (including phenoxy) is 1. The molecule has 0 bridgehead atoms. The monoisotopic (exact) mass is 352 g/mol. The highest BCUT2D eigenvalue weighted by Crippen LogP contribution is 2.30. The minimum atomic E-state index is -0.330. The molecule has 1 aliphatic heterocycles. The van der Waals surface area contributed by atoms with Crippen LogP contribution in [0.15, 0.2) is 58.5 Å². The lowest BCUT2D eigenvalue weighted by atomic mass is 10.2. The Morgan fingerprint density at radius 3 is 2.64 bits per heavy atom. The maximum atomic E-state index is 13.2. The standard InChI is InChI=1S/C19H16N2O3S/c1-12-6-2-5-9-15(12)21-17(22)13-7-3-4-8-14(13)20-19(21)25-16-10-11-24-18(16)23/h2-9,16H,10-11H2,1H3/t16-/m0/s1. The van der Waals surface area contributed by atoms with Crippen molar-refractivity contribution in [1.82, 2.24) is 9.55 Å². The number of nitrogens with zero attached hydrogens (tertiary/aromatic N) is 2. The lowest BCUT2D eigenvalue weighted by molar-refractivity contribution is -0.137. The van der Waals surface area contributed by atoms with E-state index >= 15 is 0 Å². The average molecular weight is 352 g/mol. The number of aromatic nitrogens is 2. The van der Waals surface area contributed by atoms with Crippen molar-refractivity contribution in [1.29, 1.82) is 0 Å². The second kappa shape index (κ2) is 6.37. The second-order valence-electron chi connectivity index (χ2n) is 5.90. The van der Waals surface area contributed by atoms with Crippen LogP contribution in [0.1, 0.15) is 12.0 Å². The van der Waals surface area contributed by atoms with Gasteiger partial charge in [-0.1, -0.05) is 42.1 Å². The zero-order valence-corrected chi connectivity index (χ0v) is 14.5. The van der Waals surface area contributed by atoms with E-state index in [4.69, 9.17) is 4.74 Å². The van der Waals surface area contributed by atoms with Crippen LogP contribution in [0.25, 0.3) is 16.6 Å². The van der Waals surface area contributed by atoms with Crippen LogP contribution in [-0.4, -0.2) is 27.4 Å². The van der Waals surface area contributed by atoms with Crippen LogP contribution in [0.5, 0.6) is 0 Å². The van der Waals surface area contributed by atoms with Crippen molar-refractivity contribution in [2.75, 3.05) is 6.61 Å². The highest BCUT2D eigenvalue weighted by molar-refractivity contribution is 8.00. The molecule has 1 aliphatic rings. The van der Waals surface area contributed by atoms with Crippen molar-refractivity contribution in [2.24, 2.45) is 0 Å². The first-order valence-electron chi connectivity index (χ1n) is 8.06. The van der Waals surface area contributed by atoms with Gasteiger partial charge in [-0.05, 0) is 30.7 Å². The fraction of sp³-hybridized carbons (Fsp3) is 0.211. The molecule has 1 fully saturated rings. The van der Waals surface area contributed by atoms with Crippen LogP contribution in [0.2, 0.25) is 0 Å². The zero-order chi connectivity index (χ0) is 17.4. The molecule has 25 heavy (non-hydrogen) atoms. The van der Waals surface area contributed by atoms with E-state index in [-0.39, 0.29) is 16.8 Å². The smallest absolute Gasteiger partial charge is 0.319 e. The Labute approximate surface area is 148 Å². The Morgan fingerprint density at radius 2 is 1.88 bits per heavy atom. The number of carbonyl (C=O) groups is 1. The molecular formula is C19H16N2O3S. The van der Waals surface area contributed by atoms with Gasteiger partial charge in [-0.2, -0.15) is 0 Å². The van der Waals surface area contributed by atoms with Crippen LogP contribution in [0.4, 0.5) is 0 Å². The molecule has 0 N–H and O–H groups in total. The number of hydrogen-bond acceptors (Lipinski definition) is 5. The number of para-hydroxylation sites is 2. The molecule has 0 amide bonds. The minimum absolute atomic E-state index is 0.131. The van der Waals surface area contributed by atoms with Crippen LogP contribution in [0, 0.1) is 6.92 Å². The number of benzene rings is 2. The van der Waals surface area contributed by atoms with Crippen molar-refractivity contribution in [3.8, 4) is 5.69 Å². The van der Waals surface area contributed by atoms with E-state index in [2.05, 4.69) is 4.98 Å². The Balaban J connectivity index is 1.96. The minimum Gasteiger partial charge on any atom is -0.465 e. The number of esters is 1. The third-order valence-corrected chi connectivity index (χ3v) is 5.43. The van der Waals surface area contributed by atoms with Crippen LogP contribution < -0.4 is 5.56 Å². The quantitative estimate of drug-likeness (QED) is 0.535. The summed E-state index contributed by atoms with van der Waals surface area (Å²) in [6.07, 6.45) is 0.625. The van der Waals surface area contributed by atoms with Gasteiger partial charge in [0.2, 0.25) is 0 Å². The molecule has 0 spiro atoms. The molecule has 2 aromatic carbocycles. The van der Waals surface area contributed by atoms with Crippen molar-refractivity contribution >= 4 is 28.6 Å². The van der Waals surface area contributed by atoms with Gasteiger partial charge in [0.05, 0.1) is 23.2 Å². The maximum Gasteiger partial charge on any atom is 0.319 e. The summed E-state index contributed by atoms with van der Waals surface area (Å²) >= 11 is 1.30. The lowest BCUT2D eigenvalue weighted by Crippen LogP contribution is -2.24. The second-order valence-corrected chi connectivity index (χ2v) is 7.07. The van der Waals surface area contributed by atoms with E-state index in [0.29, 0.717) is 29.1 Å². The summed E-state index contributed by atoms with van der Waals surface area (Å²) in [5, 5.41) is 0.745. The summed E-state index contributed by atoms with van der Waals surface area (Å²) < 4.78 is 6.65. The summed E-state index contributed by atoms with van der Waals surface area (Å²) in [6, 6.07) is 14.9. The Kier molecular flexibility index (Phi) is 4.05. The molecule has 2 heterocycles. The summed E-state index contributed by atoms with van der Waals surface area (Å²) in [4.78, 5) is 29.7. The third kappa shape index (κ3) is 2.82.